The number of likely N-dealkylation sites (tertiary alicyclic amines) is 1. The molecular weight excluding hydrogens is 606 g/mol. The highest BCUT2D eigenvalue weighted by Crippen LogP contribution is 2.23. The van der Waals surface area contributed by atoms with E-state index in [4.69, 9.17) is 9.47 Å². The zero-order valence-electron chi connectivity index (χ0n) is 28.2. The van der Waals surface area contributed by atoms with Crippen molar-refractivity contribution in [2.45, 2.75) is 70.9 Å². The fraction of sp³-hybridized carbons (Fsp3) is 0.459. The highest BCUT2D eigenvalue weighted by molar-refractivity contribution is 5.78. The lowest BCUT2D eigenvalue weighted by atomic mass is 10.0. The highest BCUT2D eigenvalue weighted by Gasteiger charge is 2.29. The SMILES string of the molecule is CC(NC(=O)COc1cccc(CCC[N+]2(CCCc3cccc(OCC(=O)NC(C)c4ncc[nH]4)c3)CCCCC2)c1)c1ncc[nH]1. The van der Waals surface area contributed by atoms with Crippen LogP contribution in [0.1, 0.15) is 80.8 Å². The predicted molar refractivity (Wildman–Crippen MR) is 184 cm³/mol. The van der Waals surface area contributed by atoms with Gasteiger partial charge in [0.25, 0.3) is 11.8 Å². The van der Waals surface area contributed by atoms with Gasteiger partial charge in [0.1, 0.15) is 23.1 Å². The van der Waals surface area contributed by atoms with Crippen molar-refractivity contribution in [3.05, 3.63) is 96.1 Å². The number of carbonyl (C=O) groups is 2. The molecule has 2 unspecified atom stereocenters. The van der Waals surface area contributed by atoms with Gasteiger partial charge >= 0.3 is 0 Å². The molecule has 2 amide bonds. The Balaban J connectivity index is 1.04. The number of imidazole rings is 2. The molecule has 5 rings (SSSR count). The molecule has 3 heterocycles. The number of quaternary nitrogens is 1. The Bertz CT molecular complexity index is 1440. The first-order chi connectivity index (χ1) is 23.4. The summed E-state index contributed by atoms with van der Waals surface area (Å²) in [5.74, 6) is 2.50. The van der Waals surface area contributed by atoms with Gasteiger partial charge in [-0.05, 0) is 81.3 Å². The molecule has 11 nitrogen and oxygen atoms in total. The van der Waals surface area contributed by atoms with Crippen LogP contribution < -0.4 is 20.1 Å². The van der Waals surface area contributed by atoms with E-state index in [1.54, 1.807) is 24.8 Å². The minimum Gasteiger partial charge on any atom is -0.484 e. The predicted octanol–water partition coefficient (Wildman–Crippen LogP) is 5.21. The first-order valence-electron chi connectivity index (χ1n) is 17.2. The maximum Gasteiger partial charge on any atom is 0.258 e. The van der Waals surface area contributed by atoms with Crippen molar-refractivity contribution in [2.24, 2.45) is 0 Å². The van der Waals surface area contributed by atoms with E-state index in [9.17, 15) is 9.59 Å². The van der Waals surface area contributed by atoms with E-state index in [0.29, 0.717) is 23.1 Å². The summed E-state index contributed by atoms with van der Waals surface area (Å²) in [6.45, 7) is 8.50. The molecule has 4 N–H and O–H groups in total. The van der Waals surface area contributed by atoms with E-state index >= 15 is 0 Å². The van der Waals surface area contributed by atoms with Crippen LogP contribution in [0.3, 0.4) is 0 Å². The smallest absolute Gasteiger partial charge is 0.258 e. The minimum atomic E-state index is -0.209. The number of hydrogen-bond acceptors (Lipinski definition) is 6. The lowest BCUT2D eigenvalue weighted by molar-refractivity contribution is -0.932. The zero-order valence-corrected chi connectivity index (χ0v) is 28.2. The Kier molecular flexibility index (Phi) is 12.6. The third kappa shape index (κ3) is 10.7. The molecule has 0 bridgehead atoms. The average molecular weight is 657 g/mol. The Morgan fingerprint density at radius 1 is 0.750 bits per heavy atom. The van der Waals surface area contributed by atoms with Gasteiger partial charge in [-0.25, -0.2) is 9.97 Å². The number of aryl methyl sites for hydroxylation is 2. The van der Waals surface area contributed by atoms with Crippen LogP contribution in [-0.2, 0) is 22.4 Å². The topological polar surface area (TPSA) is 134 Å². The summed E-state index contributed by atoms with van der Waals surface area (Å²) in [7, 11) is 0. The van der Waals surface area contributed by atoms with Crippen LogP contribution in [0.15, 0.2) is 73.3 Å². The van der Waals surface area contributed by atoms with E-state index < -0.39 is 0 Å². The third-order valence-electron chi connectivity index (χ3n) is 9.11. The summed E-state index contributed by atoms with van der Waals surface area (Å²) in [5, 5.41) is 5.82. The van der Waals surface area contributed by atoms with Gasteiger partial charge in [-0.3, -0.25) is 9.59 Å². The number of nitrogens with zero attached hydrogens (tertiary/aromatic N) is 3. The van der Waals surface area contributed by atoms with Crippen molar-refractivity contribution in [1.82, 2.24) is 30.6 Å². The molecule has 1 fully saturated rings. The van der Waals surface area contributed by atoms with E-state index in [1.165, 1.54) is 48.0 Å². The number of amides is 2. The second-order valence-electron chi connectivity index (χ2n) is 12.9. The number of rotatable bonds is 18. The van der Waals surface area contributed by atoms with Crippen LogP contribution >= 0.6 is 0 Å². The molecule has 0 radical (unpaired) electrons. The fourth-order valence-corrected chi connectivity index (χ4v) is 6.59. The Labute approximate surface area is 283 Å². The van der Waals surface area contributed by atoms with E-state index in [0.717, 1.165) is 38.8 Å². The van der Waals surface area contributed by atoms with Crippen molar-refractivity contribution >= 4 is 11.8 Å². The summed E-state index contributed by atoms with van der Waals surface area (Å²) in [4.78, 5) is 39.2. The minimum absolute atomic E-state index is 0.0371. The highest BCUT2D eigenvalue weighted by atomic mass is 16.5. The Hall–Kier alpha value is -4.64. The lowest BCUT2D eigenvalue weighted by Crippen LogP contribution is -2.52. The molecular formula is C37H50N7O4+. The summed E-state index contributed by atoms with van der Waals surface area (Å²) in [6.07, 6.45) is 14.9. The van der Waals surface area contributed by atoms with Crippen molar-refractivity contribution in [3.8, 4) is 11.5 Å². The Morgan fingerprint density at radius 2 is 1.23 bits per heavy atom. The fourth-order valence-electron chi connectivity index (χ4n) is 6.59. The molecule has 1 saturated heterocycles. The summed E-state index contributed by atoms with van der Waals surface area (Å²) < 4.78 is 12.8. The van der Waals surface area contributed by atoms with Gasteiger partial charge in [0.15, 0.2) is 13.2 Å². The molecule has 0 spiro atoms. The van der Waals surface area contributed by atoms with Gasteiger partial charge in [-0.2, -0.15) is 0 Å². The van der Waals surface area contributed by atoms with Crippen LogP contribution in [0, 0.1) is 0 Å². The van der Waals surface area contributed by atoms with Gasteiger partial charge in [-0.1, -0.05) is 24.3 Å². The average Bonchev–Trinajstić information content (AvgIpc) is 3.84. The summed E-state index contributed by atoms with van der Waals surface area (Å²) in [5.41, 5.74) is 2.46. The Morgan fingerprint density at radius 3 is 1.67 bits per heavy atom. The standard InChI is InChI=1S/C37H49N7O4/c1-28(36-38-16-17-39-36)42-34(45)26-47-32-14-6-10-30(24-32)12-8-22-44(20-4-3-5-21-44)23-9-13-31-11-7-15-33(25-31)48-27-35(46)43-29(2)37-40-18-19-41-37/h6-7,10-11,14-19,24-25,28-29H,3-5,8-9,12-13,20-23,26-27H2,1-2H3,(H3-,38,39,40,41,42,43,45,46)/p+1. The number of nitrogens with one attached hydrogen (secondary N) is 4. The normalized spacial score (nSPS) is 15.3. The number of aromatic nitrogens is 4. The maximum absolute atomic E-state index is 12.4. The molecule has 1 aliphatic rings. The van der Waals surface area contributed by atoms with E-state index in [2.05, 4.69) is 54.8 Å². The lowest BCUT2D eigenvalue weighted by Gasteiger charge is -2.42. The van der Waals surface area contributed by atoms with Gasteiger partial charge in [0.05, 0.1) is 38.3 Å². The maximum atomic E-state index is 12.4. The van der Waals surface area contributed by atoms with Crippen molar-refractivity contribution in [2.75, 3.05) is 39.4 Å². The van der Waals surface area contributed by atoms with Crippen LogP contribution in [0.4, 0.5) is 0 Å². The third-order valence-corrected chi connectivity index (χ3v) is 9.11. The second kappa shape index (κ2) is 17.5. The number of benzene rings is 2. The number of aromatic amines is 2. The number of hydrogen-bond donors (Lipinski definition) is 4. The molecule has 256 valence electrons. The summed E-state index contributed by atoms with van der Waals surface area (Å²) >= 11 is 0. The van der Waals surface area contributed by atoms with Crippen LogP contribution in [0.5, 0.6) is 11.5 Å². The van der Waals surface area contributed by atoms with E-state index in [1.807, 2.05) is 38.1 Å². The van der Waals surface area contributed by atoms with E-state index in [-0.39, 0.29) is 37.1 Å². The first kappa shape index (κ1) is 34.7. The molecule has 11 heteroatoms. The molecule has 4 aromatic rings. The monoisotopic (exact) mass is 656 g/mol. The van der Waals surface area contributed by atoms with Crippen molar-refractivity contribution < 1.29 is 23.5 Å². The molecule has 0 saturated carbocycles. The molecule has 2 aromatic heterocycles. The number of carbonyl (C=O) groups excluding carboxylic acids is 2. The zero-order chi connectivity index (χ0) is 33.6. The molecule has 48 heavy (non-hydrogen) atoms. The molecule has 0 aliphatic carbocycles. The number of H-pyrrole nitrogens is 2. The first-order valence-corrected chi connectivity index (χ1v) is 17.2. The molecule has 2 atom stereocenters. The van der Waals surface area contributed by atoms with Crippen molar-refractivity contribution in [1.29, 1.82) is 0 Å². The molecule has 1 aliphatic heterocycles. The van der Waals surface area contributed by atoms with Gasteiger partial charge in [0.2, 0.25) is 0 Å². The second-order valence-corrected chi connectivity index (χ2v) is 12.9. The largest absolute Gasteiger partial charge is 0.484 e. The number of piperidine rings is 1. The number of ether oxygens (including phenoxy) is 2. The van der Waals surface area contributed by atoms with Crippen LogP contribution in [0.25, 0.3) is 0 Å². The van der Waals surface area contributed by atoms with Gasteiger partial charge in [0, 0.05) is 37.6 Å². The van der Waals surface area contributed by atoms with Gasteiger partial charge < -0.3 is 34.6 Å². The molecule has 2 aromatic carbocycles. The van der Waals surface area contributed by atoms with Crippen molar-refractivity contribution in [3.63, 3.8) is 0 Å². The van der Waals surface area contributed by atoms with Crippen LogP contribution in [0.2, 0.25) is 0 Å². The van der Waals surface area contributed by atoms with Gasteiger partial charge in [-0.15, -0.1) is 0 Å². The quantitative estimate of drug-likeness (QED) is 0.109. The van der Waals surface area contributed by atoms with Crippen LogP contribution in [-0.4, -0.2) is 75.6 Å². The summed E-state index contributed by atoms with van der Waals surface area (Å²) in [6, 6.07) is 15.8.